The van der Waals surface area contributed by atoms with Crippen LogP contribution in [0.3, 0.4) is 0 Å². The molecule has 0 aliphatic heterocycles. The number of anilines is 1. The molecule has 0 aliphatic rings. The molecule has 0 saturated carbocycles. The molecule has 2 N–H and O–H groups in total. The fourth-order valence-corrected chi connectivity index (χ4v) is 1.70. The minimum absolute atomic E-state index is 0. The van der Waals surface area contributed by atoms with Gasteiger partial charge in [0.2, 0.25) is 0 Å². The third-order valence-electron chi connectivity index (χ3n) is 2.24. The number of hydrogen-bond acceptors (Lipinski definition) is 3. The van der Waals surface area contributed by atoms with Crippen molar-refractivity contribution in [2.24, 2.45) is 5.10 Å². The van der Waals surface area contributed by atoms with Crippen LogP contribution in [-0.2, 0) is 17.1 Å². The standard InChI is InChI=1S/C13H10ClFN4S.2ClH.Cu/c14-11-6-10(3-4-12(11)15)18-13(20)19-17-8-9-2-1-5-16-7-9;;;/h1-8H,(H2,18,19,20);2*1H;/q;;;+2/p-2/b17-8+;;;. The molecule has 0 spiro atoms. The zero-order valence-corrected chi connectivity index (χ0v) is 15.3. The summed E-state index contributed by atoms with van der Waals surface area (Å²) in [5.41, 5.74) is 4.05. The maximum Gasteiger partial charge on any atom is 2.00 e. The van der Waals surface area contributed by atoms with Crippen molar-refractivity contribution in [2.75, 3.05) is 5.32 Å². The van der Waals surface area contributed by atoms with Crippen molar-refractivity contribution in [1.82, 2.24) is 10.4 Å². The third kappa shape index (κ3) is 8.46. The first-order valence-corrected chi connectivity index (χ1v) is 6.39. The number of hydrogen-bond donors (Lipinski definition) is 2. The van der Waals surface area contributed by atoms with Crippen molar-refractivity contribution in [3.05, 3.63) is 59.1 Å². The molecule has 1 heterocycles. The summed E-state index contributed by atoms with van der Waals surface area (Å²) in [6, 6.07) is 7.88. The maximum atomic E-state index is 13.0. The van der Waals surface area contributed by atoms with Crippen LogP contribution in [0, 0.1) is 5.82 Å². The summed E-state index contributed by atoms with van der Waals surface area (Å²) in [7, 11) is 0. The van der Waals surface area contributed by atoms with E-state index in [0.717, 1.165) is 5.56 Å². The van der Waals surface area contributed by atoms with Gasteiger partial charge in [-0.2, -0.15) is 5.10 Å². The summed E-state index contributed by atoms with van der Waals surface area (Å²) in [5.74, 6) is -0.481. The van der Waals surface area contributed by atoms with Gasteiger partial charge in [0.15, 0.2) is 5.11 Å². The Balaban J connectivity index is 0. The minimum Gasteiger partial charge on any atom is -1.00 e. The van der Waals surface area contributed by atoms with Crippen LogP contribution in [0.15, 0.2) is 47.8 Å². The Morgan fingerprint density at radius 2 is 2.04 bits per heavy atom. The van der Waals surface area contributed by atoms with Gasteiger partial charge in [-0.1, -0.05) is 17.7 Å². The molecule has 23 heavy (non-hydrogen) atoms. The first-order chi connectivity index (χ1) is 9.65. The molecule has 0 saturated heterocycles. The first kappa shape index (κ1) is 24.3. The van der Waals surface area contributed by atoms with Gasteiger partial charge in [0.1, 0.15) is 5.82 Å². The molecule has 0 bridgehead atoms. The second-order valence-electron chi connectivity index (χ2n) is 3.74. The molecule has 2 aromatic rings. The predicted molar refractivity (Wildman–Crippen MR) is 82.6 cm³/mol. The average molecular weight is 443 g/mol. The summed E-state index contributed by atoms with van der Waals surface area (Å²) >= 11 is 10.7. The van der Waals surface area contributed by atoms with Gasteiger partial charge in [-0.15, -0.1) is 0 Å². The van der Waals surface area contributed by atoms with E-state index in [1.54, 1.807) is 24.7 Å². The van der Waals surface area contributed by atoms with Crippen LogP contribution in [0.25, 0.3) is 0 Å². The number of nitrogens with one attached hydrogen (secondary N) is 2. The average Bonchev–Trinajstić information content (AvgIpc) is 2.44. The number of hydrazone groups is 1. The van der Waals surface area contributed by atoms with Gasteiger partial charge in [0.25, 0.3) is 0 Å². The van der Waals surface area contributed by atoms with Crippen LogP contribution in [0.2, 0.25) is 5.02 Å². The van der Waals surface area contributed by atoms with E-state index in [4.69, 9.17) is 23.8 Å². The van der Waals surface area contributed by atoms with E-state index < -0.39 is 5.82 Å². The van der Waals surface area contributed by atoms with E-state index >= 15 is 0 Å². The molecule has 127 valence electrons. The molecular weight excluding hydrogens is 433 g/mol. The first-order valence-electron chi connectivity index (χ1n) is 5.60. The van der Waals surface area contributed by atoms with Crippen molar-refractivity contribution >= 4 is 40.8 Å². The van der Waals surface area contributed by atoms with E-state index in [1.807, 2.05) is 6.07 Å². The van der Waals surface area contributed by atoms with Crippen LogP contribution in [0.4, 0.5) is 10.1 Å². The Labute approximate surface area is 166 Å². The second kappa shape index (κ2) is 12.5. The van der Waals surface area contributed by atoms with Crippen LogP contribution in [0.5, 0.6) is 0 Å². The summed E-state index contributed by atoms with van der Waals surface area (Å²) in [6.07, 6.45) is 4.93. The Hall–Kier alpha value is -0.951. The van der Waals surface area contributed by atoms with Gasteiger partial charge in [0.05, 0.1) is 11.2 Å². The molecule has 1 aromatic heterocycles. The Morgan fingerprint density at radius 3 is 2.65 bits per heavy atom. The Morgan fingerprint density at radius 1 is 1.30 bits per heavy atom. The summed E-state index contributed by atoms with van der Waals surface area (Å²) in [5, 5.41) is 7.08. The van der Waals surface area contributed by atoms with Crippen LogP contribution in [0.1, 0.15) is 5.56 Å². The number of pyridine rings is 1. The third-order valence-corrected chi connectivity index (χ3v) is 2.72. The van der Waals surface area contributed by atoms with E-state index in [0.29, 0.717) is 5.69 Å². The van der Waals surface area contributed by atoms with Crippen molar-refractivity contribution < 1.29 is 46.3 Å². The summed E-state index contributed by atoms with van der Waals surface area (Å²) in [4.78, 5) is 3.95. The Bertz CT molecular complexity index is 646. The van der Waals surface area contributed by atoms with Crippen LogP contribution in [-0.4, -0.2) is 16.3 Å². The van der Waals surface area contributed by atoms with Gasteiger partial charge in [0, 0.05) is 23.6 Å². The fourth-order valence-electron chi connectivity index (χ4n) is 1.35. The predicted octanol–water partition coefficient (Wildman–Crippen LogP) is -2.80. The van der Waals surface area contributed by atoms with Gasteiger partial charge in [-0.3, -0.25) is 10.4 Å². The van der Waals surface area contributed by atoms with E-state index in [1.165, 1.54) is 18.2 Å². The molecular formula is C13H10Cl3CuFN4S. The number of aromatic nitrogens is 1. The molecule has 10 heteroatoms. The second-order valence-corrected chi connectivity index (χ2v) is 4.55. The topological polar surface area (TPSA) is 49.3 Å². The molecule has 0 unspecified atom stereocenters. The van der Waals surface area contributed by atoms with Gasteiger partial charge >= 0.3 is 17.1 Å². The number of nitrogens with zero attached hydrogens (tertiary/aromatic N) is 2. The minimum atomic E-state index is -0.481. The molecule has 1 aromatic carbocycles. The van der Waals surface area contributed by atoms with Crippen molar-refractivity contribution in [3.8, 4) is 0 Å². The number of benzene rings is 1. The zero-order valence-electron chi connectivity index (χ0n) is 11.2. The van der Waals surface area contributed by atoms with Gasteiger partial charge < -0.3 is 30.1 Å². The number of halogens is 4. The summed E-state index contributed by atoms with van der Waals surface area (Å²) in [6.45, 7) is 0. The number of rotatable bonds is 3. The van der Waals surface area contributed by atoms with Crippen LogP contribution < -0.4 is 35.6 Å². The number of thiocarbonyl (C=S) groups is 1. The van der Waals surface area contributed by atoms with E-state index in [9.17, 15) is 4.39 Å². The smallest absolute Gasteiger partial charge is 1.00 e. The van der Waals surface area contributed by atoms with Gasteiger partial charge in [-0.05, 0) is 36.5 Å². The SMILES string of the molecule is Fc1ccc(NC(=S)N/N=C/c2cccnc2)cc1Cl.[Cl-].[Cl-].[Cu+2]. The van der Waals surface area contributed by atoms with Crippen molar-refractivity contribution in [3.63, 3.8) is 0 Å². The van der Waals surface area contributed by atoms with Crippen molar-refractivity contribution in [1.29, 1.82) is 0 Å². The van der Waals surface area contributed by atoms with Crippen LogP contribution >= 0.6 is 23.8 Å². The van der Waals surface area contributed by atoms with E-state index in [-0.39, 0.29) is 52.0 Å². The molecule has 2 rings (SSSR count). The molecule has 4 nitrogen and oxygen atoms in total. The molecule has 0 atom stereocenters. The van der Waals surface area contributed by atoms with E-state index in [2.05, 4.69) is 20.8 Å². The van der Waals surface area contributed by atoms with Gasteiger partial charge in [-0.25, -0.2) is 4.39 Å². The maximum absolute atomic E-state index is 13.0. The monoisotopic (exact) mass is 441 g/mol. The quantitative estimate of drug-likeness (QED) is 0.233. The molecule has 0 fully saturated rings. The molecule has 0 amide bonds. The Kier molecular flexibility index (Phi) is 13.2. The normalized spacial score (nSPS) is 9.13. The fraction of sp³-hybridized carbons (Fsp3) is 0. The zero-order chi connectivity index (χ0) is 14.4. The molecule has 0 aliphatic carbocycles. The summed E-state index contributed by atoms with van der Waals surface area (Å²) < 4.78 is 13.0. The largest absolute Gasteiger partial charge is 2.00 e. The van der Waals surface area contributed by atoms with Crippen molar-refractivity contribution in [2.45, 2.75) is 0 Å². The molecule has 1 radical (unpaired) electrons.